The first-order chi connectivity index (χ1) is 6.96. The van der Waals surface area contributed by atoms with Crippen LogP contribution in [0.3, 0.4) is 0 Å². The van der Waals surface area contributed by atoms with Gasteiger partial charge >= 0.3 is 6.18 Å². The maximum Gasteiger partial charge on any atom is 0.405 e. The average molecular weight is 237 g/mol. The quantitative estimate of drug-likeness (QED) is 0.582. The fourth-order valence-electron chi connectivity index (χ4n) is 1.20. The number of halogens is 4. The van der Waals surface area contributed by atoms with Crippen molar-refractivity contribution < 1.29 is 18.0 Å². The summed E-state index contributed by atoms with van der Waals surface area (Å²) in [7, 11) is 0. The molecule has 1 aromatic rings. The highest BCUT2D eigenvalue weighted by Crippen LogP contribution is 2.34. The van der Waals surface area contributed by atoms with Crippen LogP contribution in [0.5, 0.6) is 0 Å². The normalized spacial score (nSPS) is 15.7. The number of benzene rings is 1. The van der Waals surface area contributed by atoms with Crippen LogP contribution >= 0.6 is 11.6 Å². The first-order valence-corrected chi connectivity index (χ1v) is 4.61. The van der Waals surface area contributed by atoms with Crippen LogP contribution in [-0.4, -0.2) is 17.8 Å². The highest BCUT2D eigenvalue weighted by Gasteiger charge is 2.43. The predicted molar refractivity (Wildman–Crippen MR) is 50.9 cm³/mol. The van der Waals surface area contributed by atoms with E-state index in [1.54, 1.807) is 18.2 Å². The van der Waals surface area contributed by atoms with Gasteiger partial charge < -0.3 is 4.79 Å². The van der Waals surface area contributed by atoms with Crippen LogP contribution < -0.4 is 0 Å². The van der Waals surface area contributed by atoms with Crippen LogP contribution in [0.2, 0.25) is 0 Å². The van der Waals surface area contributed by atoms with Gasteiger partial charge in [-0.15, -0.1) is 11.6 Å². The van der Waals surface area contributed by atoms with Crippen LogP contribution in [-0.2, 0) is 4.79 Å². The number of hydrogen-bond donors (Lipinski definition) is 0. The van der Waals surface area contributed by atoms with Crippen molar-refractivity contribution in [3.8, 4) is 0 Å². The highest BCUT2D eigenvalue weighted by molar-refractivity contribution is 6.22. The van der Waals surface area contributed by atoms with Crippen molar-refractivity contribution in [3.63, 3.8) is 0 Å². The SMILES string of the molecule is O=CC(c1ccccc1)C(Cl)C(F)(F)F. The third kappa shape index (κ3) is 2.96. The van der Waals surface area contributed by atoms with E-state index >= 15 is 0 Å². The van der Waals surface area contributed by atoms with Gasteiger partial charge in [0.15, 0.2) is 0 Å². The van der Waals surface area contributed by atoms with E-state index in [1.165, 1.54) is 12.1 Å². The van der Waals surface area contributed by atoms with Crippen molar-refractivity contribution in [1.82, 2.24) is 0 Å². The molecule has 0 aliphatic carbocycles. The van der Waals surface area contributed by atoms with E-state index in [0.717, 1.165) is 0 Å². The van der Waals surface area contributed by atoms with E-state index in [2.05, 4.69) is 0 Å². The van der Waals surface area contributed by atoms with Crippen molar-refractivity contribution in [3.05, 3.63) is 35.9 Å². The van der Waals surface area contributed by atoms with Crippen molar-refractivity contribution in [2.75, 3.05) is 0 Å². The molecule has 0 radical (unpaired) electrons. The van der Waals surface area contributed by atoms with Crippen LogP contribution in [0.15, 0.2) is 30.3 Å². The fraction of sp³-hybridized carbons (Fsp3) is 0.300. The molecule has 0 spiro atoms. The van der Waals surface area contributed by atoms with Crippen molar-refractivity contribution in [1.29, 1.82) is 0 Å². The summed E-state index contributed by atoms with van der Waals surface area (Å²) in [6.45, 7) is 0. The number of aldehydes is 1. The second-order valence-electron chi connectivity index (χ2n) is 3.02. The van der Waals surface area contributed by atoms with Gasteiger partial charge in [-0.25, -0.2) is 0 Å². The highest BCUT2D eigenvalue weighted by atomic mass is 35.5. The Morgan fingerprint density at radius 3 is 2.13 bits per heavy atom. The summed E-state index contributed by atoms with van der Waals surface area (Å²) in [5.41, 5.74) is 0.268. The molecule has 0 N–H and O–H groups in total. The Labute approximate surface area is 89.9 Å². The van der Waals surface area contributed by atoms with Gasteiger partial charge in [0.05, 0.1) is 5.92 Å². The third-order valence-electron chi connectivity index (χ3n) is 1.96. The van der Waals surface area contributed by atoms with Crippen LogP contribution in [0.4, 0.5) is 13.2 Å². The molecule has 0 aromatic heterocycles. The molecule has 0 aliphatic rings. The summed E-state index contributed by atoms with van der Waals surface area (Å²) in [6.07, 6.45) is -4.36. The molecule has 0 bridgehead atoms. The molecule has 2 atom stereocenters. The minimum Gasteiger partial charge on any atom is -0.303 e. The van der Waals surface area contributed by atoms with Gasteiger partial charge in [-0.3, -0.25) is 0 Å². The van der Waals surface area contributed by atoms with Crippen LogP contribution in [0, 0.1) is 0 Å². The Kier molecular flexibility index (Phi) is 3.74. The smallest absolute Gasteiger partial charge is 0.303 e. The Bertz CT molecular complexity index is 323. The molecule has 0 fully saturated rings. The summed E-state index contributed by atoms with van der Waals surface area (Å²) >= 11 is 5.20. The summed E-state index contributed by atoms with van der Waals surface area (Å²) in [5, 5.41) is -2.18. The molecular weight excluding hydrogens is 229 g/mol. The van der Waals surface area contributed by atoms with Crippen molar-refractivity contribution >= 4 is 17.9 Å². The summed E-state index contributed by atoms with van der Waals surface area (Å²) in [5.74, 6) is -1.35. The number of alkyl halides is 4. The zero-order chi connectivity index (χ0) is 11.5. The number of carbonyl (C=O) groups is 1. The van der Waals surface area contributed by atoms with Crippen LogP contribution in [0.25, 0.3) is 0 Å². The Morgan fingerprint density at radius 2 is 1.73 bits per heavy atom. The zero-order valence-corrected chi connectivity index (χ0v) is 8.29. The van der Waals surface area contributed by atoms with Crippen molar-refractivity contribution in [2.24, 2.45) is 0 Å². The Hall–Kier alpha value is -1.03. The first-order valence-electron chi connectivity index (χ1n) is 4.18. The minimum atomic E-state index is -4.58. The van der Waals surface area contributed by atoms with E-state index in [-0.39, 0.29) is 11.8 Å². The largest absolute Gasteiger partial charge is 0.405 e. The standard InChI is InChI=1S/C10H8ClF3O/c11-9(10(12,13)14)8(6-15)7-4-2-1-3-5-7/h1-6,8-9H. The summed E-state index contributed by atoms with van der Waals surface area (Å²) in [6, 6.07) is 7.67. The Balaban J connectivity index is 2.95. The molecule has 1 rings (SSSR count). The number of hydrogen-bond acceptors (Lipinski definition) is 1. The molecule has 0 saturated carbocycles. The average Bonchev–Trinajstić information content (AvgIpc) is 2.19. The van der Waals surface area contributed by atoms with Crippen LogP contribution in [0.1, 0.15) is 11.5 Å². The maximum absolute atomic E-state index is 12.3. The lowest BCUT2D eigenvalue weighted by atomic mass is 9.97. The van der Waals surface area contributed by atoms with Gasteiger partial charge in [-0.1, -0.05) is 30.3 Å². The second-order valence-corrected chi connectivity index (χ2v) is 3.49. The molecular formula is C10H8ClF3O. The Morgan fingerprint density at radius 1 is 1.20 bits per heavy atom. The monoisotopic (exact) mass is 236 g/mol. The maximum atomic E-state index is 12.3. The molecule has 5 heteroatoms. The van der Waals surface area contributed by atoms with Gasteiger partial charge in [0.2, 0.25) is 0 Å². The van der Waals surface area contributed by atoms with E-state index in [0.29, 0.717) is 0 Å². The summed E-state index contributed by atoms with van der Waals surface area (Å²) in [4.78, 5) is 10.6. The molecule has 0 amide bonds. The fourth-order valence-corrected chi connectivity index (χ4v) is 1.40. The van der Waals surface area contributed by atoms with E-state index in [9.17, 15) is 18.0 Å². The number of rotatable bonds is 3. The molecule has 15 heavy (non-hydrogen) atoms. The minimum absolute atomic E-state index is 0.223. The van der Waals surface area contributed by atoms with Gasteiger partial charge in [-0.05, 0) is 5.56 Å². The second kappa shape index (κ2) is 4.66. The van der Waals surface area contributed by atoms with Gasteiger partial charge in [0, 0.05) is 0 Å². The molecule has 2 unspecified atom stereocenters. The van der Waals surface area contributed by atoms with Crippen molar-refractivity contribution in [2.45, 2.75) is 17.5 Å². The first kappa shape index (κ1) is 12.0. The molecule has 82 valence electrons. The lowest BCUT2D eigenvalue weighted by molar-refractivity contribution is -0.139. The lowest BCUT2D eigenvalue weighted by Crippen LogP contribution is -2.30. The predicted octanol–water partition coefficient (Wildman–Crippen LogP) is 3.14. The zero-order valence-electron chi connectivity index (χ0n) is 7.54. The summed E-state index contributed by atoms with van der Waals surface area (Å²) < 4.78 is 36.8. The molecule has 0 saturated heterocycles. The topological polar surface area (TPSA) is 17.1 Å². The van der Waals surface area contributed by atoms with E-state index in [1.807, 2.05) is 0 Å². The van der Waals surface area contributed by atoms with Gasteiger partial charge in [0.1, 0.15) is 11.7 Å². The van der Waals surface area contributed by atoms with E-state index in [4.69, 9.17) is 11.6 Å². The van der Waals surface area contributed by atoms with E-state index < -0.39 is 17.5 Å². The number of carbonyl (C=O) groups excluding carboxylic acids is 1. The molecule has 1 nitrogen and oxygen atoms in total. The molecule has 0 aliphatic heterocycles. The lowest BCUT2D eigenvalue weighted by Gasteiger charge is -2.19. The molecule has 0 heterocycles. The third-order valence-corrected chi connectivity index (χ3v) is 2.48. The van der Waals surface area contributed by atoms with Gasteiger partial charge in [-0.2, -0.15) is 13.2 Å². The molecule has 1 aromatic carbocycles. The van der Waals surface area contributed by atoms with Gasteiger partial charge in [0.25, 0.3) is 0 Å².